The monoisotopic (exact) mass is 815 g/mol. The van der Waals surface area contributed by atoms with E-state index in [1.165, 1.54) is 32.3 Å². The second-order valence-electron chi connectivity index (χ2n) is 16.4. The van der Waals surface area contributed by atoms with Gasteiger partial charge in [0.1, 0.15) is 0 Å². The van der Waals surface area contributed by atoms with Crippen molar-refractivity contribution < 1.29 is 0 Å². The van der Waals surface area contributed by atoms with E-state index >= 15 is 0 Å². The molecule has 0 spiro atoms. The Balaban J connectivity index is 1.17. The molecule has 300 valence electrons. The van der Waals surface area contributed by atoms with Gasteiger partial charge in [0.25, 0.3) is 0 Å². The van der Waals surface area contributed by atoms with Crippen LogP contribution < -0.4 is 9.80 Å². The van der Waals surface area contributed by atoms with Crippen molar-refractivity contribution in [3.8, 4) is 22.3 Å². The lowest BCUT2D eigenvalue weighted by atomic mass is 9.87. The zero-order valence-electron chi connectivity index (χ0n) is 35.0. The topological polar surface area (TPSA) is 19.4 Å². The molecule has 3 heteroatoms. The molecule has 0 saturated heterocycles. The number of hydrogen-bond donors (Lipinski definition) is 0. The summed E-state index contributed by atoms with van der Waals surface area (Å²) in [5.41, 5.74) is 11.8. The molecule has 0 amide bonds. The largest absolute Gasteiger partial charge is 0.310 e. The second-order valence-corrected chi connectivity index (χ2v) is 16.4. The molecule has 0 aliphatic carbocycles. The Hall–Kier alpha value is -8.53. The number of para-hydroxylation sites is 2. The highest BCUT2D eigenvalue weighted by Crippen LogP contribution is 2.48. The maximum atomic E-state index is 5.58. The number of anilines is 6. The maximum Gasteiger partial charge on any atom is 0.0794 e. The van der Waals surface area contributed by atoms with Gasteiger partial charge in [0, 0.05) is 39.4 Å². The highest BCUT2D eigenvalue weighted by Gasteiger charge is 2.23. The van der Waals surface area contributed by atoms with Gasteiger partial charge in [0.15, 0.2) is 0 Å². The van der Waals surface area contributed by atoms with Crippen LogP contribution in [0.1, 0.15) is 0 Å². The van der Waals surface area contributed by atoms with E-state index in [0.29, 0.717) is 0 Å². The third kappa shape index (κ3) is 6.59. The molecule has 0 aliphatic heterocycles. The van der Waals surface area contributed by atoms with Crippen LogP contribution in [0.25, 0.3) is 76.2 Å². The summed E-state index contributed by atoms with van der Waals surface area (Å²) >= 11 is 0. The van der Waals surface area contributed by atoms with Gasteiger partial charge in [0.2, 0.25) is 0 Å². The highest BCUT2D eigenvalue weighted by atomic mass is 15.2. The van der Waals surface area contributed by atoms with Gasteiger partial charge in [-0.15, -0.1) is 0 Å². The van der Waals surface area contributed by atoms with E-state index in [-0.39, 0.29) is 0 Å². The fourth-order valence-electron chi connectivity index (χ4n) is 9.57. The van der Waals surface area contributed by atoms with Crippen LogP contribution in [-0.4, -0.2) is 4.98 Å². The van der Waals surface area contributed by atoms with Gasteiger partial charge in [0.05, 0.1) is 17.4 Å². The van der Waals surface area contributed by atoms with Crippen molar-refractivity contribution in [2.24, 2.45) is 0 Å². The summed E-state index contributed by atoms with van der Waals surface area (Å²) in [7, 11) is 0. The Morgan fingerprint density at radius 2 is 0.688 bits per heavy atom. The molecule has 0 radical (unpaired) electrons. The van der Waals surface area contributed by atoms with E-state index in [1.54, 1.807) is 0 Å². The molecule has 1 heterocycles. The van der Waals surface area contributed by atoms with Gasteiger partial charge in [-0.25, -0.2) is 0 Å². The Bertz CT molecular complexity index is 3680. The predicted molar refractivity (Wildman–Crippen MR) is 272 cm³/mol. The molecular weight excluding hydrogens is 775 g/mol. The van der Waals surface area contributed by atoms with Gasteiger partial charge < -0.3 is 9.80 Å². The molecule has 0 N–H and O–H groups in total. The zero-order chi connectivity index (χ0) is 42.4. The quantitative estimate of drug-likeness (QED) is 0.142. The minimum absolute atomic E-state index is 0.950. The maximum absolute atomic E-state index is 5.58. The van der Waals surface area contributed by atoms with Crippen LogP contribution in [0.5, 0.6) is 0 Å². The van der Waals surface area contributed by atoms with Gasteiger partial charge in [-0.05, 0) is 133 Å². The minimum atomic E-state index is 0.950. The number of rotatable bonds is 8. The van der Waals surface area contributed by atoms with Crippen molar-refractivity contribution in [3.63, 3.8) is 0 Å². The summed E-state index contributed by atoms with van der Waals surface area (Å²) in [5.74, 6) is 0. The van der Waals surface area contributed by atoms with E-state index in [0.717, 1.165) is 78.1 Å². The van der Waals surface area contributed by atoms with E-state index in [9.17, 15) is 0 Å². The molecule has 12 aromatic rings. The first-order valence-electron chi connectivity index (χ1n) is 21.9. The smallest absolute Gasteiger partial charge is 0.0794 e. The Morgan fingerprint density at radius 3 is 1.27 bits per heavy atom. The number of hydrogen-bond acceptors (Lipinski definition) is 3. The van der Waals surface area contributed by atoms with E-state index in [4.69, 9.17) is 4.98 Å². The summed E-state index contributed by atoms with van der Waals surface area (Å²) in [5, 5.41) is 10.6. The molecule has 0 fully saturated rings. The molecule has 0 aliphatic rings. The molecule has 3 nitrogen and oxygen atoms in total. The molecule has 0 atom stereocenters. The van der Waals surface area contributed by atoms with Crippen molar-refractivity contribution in [1.82, 2.24) is 4.98 Å². The molecule has 64 heavy (non-hydrogen) atoms. The molecule has 0 unspecified atom stereocenters. The lowest BCUT2D eigenvalue weighted by Crippen LogP contribution is -2.11. The van der Waals surface area contributed by atoms with Gasteiger partial charge >= 0.3 is 0 Å². The van der Waals surface area contributed by atoms with Crippen molar-refractivity contribution in [1.29, 1.82) is 0 Å². The third-order valence-corrected chi connectivity index (χ3v) is 12.5. The lowest BCUT2D eigenvalue weighted by Gasteiger charge is -2.28. The number of fused-ring (bicyclic) bond motifs is 5. The summed E-state index contributed by atoms with van der Waals surface area (Å²) in [6.45, 7) is 0. The van der Waals surface area contributed by atoms with E-state index < -0.39 is 0 Å². The minimum Gasteiger partial charge on any atom is -0.310 e. The van der Waals surface area contributed by atoms with Crippen molar-refractivity contribution in [2.45, 2.75) is 0 Å². The van der Waals surface area contributed by atoms with E-state index in [2.05, 4.69) is 259 Å². The molecule has 0 bridgehead atoms. The highest BCUT2D eigenvalue weighted by molar-refractivity contribution is 6.22. The molecule has 11 aromatic carbocycles. The fraction of sp³-hybridized carbons (Fsp3) is 0. The van der Waals surface area contributed by atoms with Crippen LogP contribution in [-0.2, 0) is 0 Å². The van der Waals surface area contributed by atoms with Crippen LogP contribution in [0.2, 0.25) is 0 Å². The predicted octanol–water partition coefficient (Wildman–Crippen LogP) is 17.1. The summed E-state index contributed by atoms with van der Waals surface area (Å²) in [4.78, 5) is 10.3. The normalized spacial score (nSPS) is 11.4. The summed E-state index contributed by atoms with van der Waals surface area (Å²) in [6, 6.07) is 87.6. The van der Waals surface area contributed by atoms with Crippen LogP contribution in [0.15, 0.2) is 249 Å². The van der Waals surface area contributed by atoms with E-state index in [1.807, 2.05) is 0 Å². The van der Waals surface area contributed by atoms with Gasteiger partial charge in [-0.3, -0.25) is 4.98 Å². The van der Waals surface area contributed by atoms with Gasteiger partial charge in [-0.1, -0.05) is 170 Å². The molecule has 12 rings (SSSR count). The van der Waals surface area contributed by atoms with Crippen LogP contribution >= 0.6 is 0 Å². The first kappa shape index (κ1) is 37.2. The summed E-state index contributed by atoms with van der Waals surface area (Å²) in [6.07, 6.45) is 2.06. The Morgan fingerprint density at radius 1 is 0.250 bits per heavy atom. The molecule has 0 saturated carbocycles. The Kier molecular flexibility index (Phi) is 9.16. The Labute approximate surface area is 372 Å². The standard InChI is InChI=1S/C61H41N3/c1-4-19-45(20-5-1)59-56-35-34-54(63(50-24-6-2-7-25-50)52-32-30-43-17-11-14-22-47(43)37-52)39-57(56)60(49-29-28-42-16-10-13-21-46(42)36-49)61-58(59)40-55(41-62-61)64(51-26-8-3-9-27-51)53-33-31-44-18-12-15-23-48(44)38-53/h1-41H. The van der Waals surface area contributed by atoms with Crippen molar-refractivity contribution >= 4 is 88.1 Å². The first-order valence-corrected chi connectivity index (χ1v) is 21.9. The average Bonchev–Trinajstić information content (AvgIpc) is 3.36. The van der Waals surface area contributed by atoms with Crippen LogP contribution in [0.4, 0.5) is 34.1 Å². The molecular formula is C61H41N3. The zero-order valence-corrected chi connectivity index (χ0v) is 35.0. The number of pyridine rings is 1. The SMILES string of the molecule is c1ccc(-c2c3ccc(N(c4ccccc4)c4ccc5ccccc5c4)cc3c(-c3ccc4ccccc4c3)c3ncc(N(c4ccccc4)c4ccc5ccccc5c4)cc23)cc1. The average molecular weight is 816 g/mol. The summed E-state index contributed by atoms with van der Waals surface area (Å²) < 4.78 is 0. The second kappa shape index (κ2) is 15.7. The third-order valence-electron chi connectivity index (χ3n) is 12.5. The number of nitrogens with zero attached hydrogens (tertiary/aromatic N) is 3. The first-order chi connectivity index (χ1) is 31.7. The van der Waals surface area contributed by atoms with Crippen molar-refractivity contribution in [2.75, 3.05) is 9.80 Å². The molecule has 1 aromatic heterocycles. The fourth-order valence-corrected chi connectivity index (χ4v) is 9.57. The lowest BCUT2D eigenvalue weighted by molar-refractivity contribution is 1.26. The van der Waals surface area contributed by atoms with Crippen LogP contribution in [0.3, 0.4) is 0 Å². The van der Waals surface area contributed by atoms with Crippen molar-refractivity contribution in [3.05, 3.63) is 249 Å². The van der Waals surface area contributed by atoms with Crippen LogP contribution in [0, 0.1) is 0 Å². The number of benzene rings is 11. The number of aromatic nitrogens is 1. The van der Waals surface area contributed by atoms with Gasteiger partial charge in [-0.2, -0.15) is 0 Å².